The van der Waals surface area contributed by atoms with Crippen LogP contribution in [0.25, 0.3) is 10.9 Å². The van der Waals surface area contributed by atoms with Crippen LogP contribution >= 0.6 is 0 Å². The number of anilines is 1. The van der Waals surface area contributed by atoms with Gasteiger partial charge in [-0.25, -0.2) is 15.4 Å². The minimum atomic E-state index is -0.335. The average Bonchev–Trinajstić information content (AvgIpc) is 2.43. The van der Waals surface area contributed by atoms with Crippen molar-refractivity contribution in [3.05, 3.63) is 29.6 Å². The van der Waals surface area contributed by atoms with Gasteiger partial charge in [0.05, 0.1) is 5.52 Å². The first-order valence-electron chi connectivity index (χ1n) is 6.98. The highest BCUT2D eigenvalue weighted by atomic mass is 16.5. The van der Waals surface area contributed by atoms with Gasteiger partial charge in [-0.1, -0.05) is 0 Å². The molecule has 1 fully saturated rings. The van der Waals surface area contributed by atoms with Gasteiger partial charge in [-0.15, -0.1) is 0 Å². The largest absolute Gasteiger partial charge is 0.355 e. The Morgan fingerprint density at radius 3 is 2.76 bits per heavy atom. The third-order valence-electron chi connectivity index (χ3n) is 4.09. The number of hydroxylamine groups is 1. The SMILES string of the molecule is Cc1cc2ncnc(N3CC(CC(=O)NO)C3)c2cc1C. The Labute approximate surface area is 122 Å². The lowest BCUT2D eigenvalue weighted by atomic mass is 9.95. The van der Waals surface area contributed by atoms with E-state index in [4.69, 9.17) is 5.21 Å². The molecule has 1 aliphatic heterocycles. The smallest absolute Gasteiger partial charge is 0.243 e. The van der Waals surface area contributed by atoms with Crippen LogP contribution in [0.1, 0.15) is 17.5 Å². The number of aromatic nitrogens is 2. The maximum atomic E-state index is 11.1. The first kappa shape index (κ1) is 13.8. The Bertz CT molecular complexity index is 695. The molecule has 1 saturated heterocycles. The molecule has 0 unspecified atom stereocenters. The summed E-state index contributed by atoms with van der Waals surface area (Å²) in [5.74, 6) is 0.844. The highest BCUT2D eigenvalue weighted by Gasteiger charge is 2.30. The van der Waals surface area contributed by atoms with E-state index in [-0.39, 0.29) is 11.8 Å². The van der Waals surface area contributed by atoms with Crippen LogP contribution in [0.5, 0.6) is 0 Å². The Hall–Kier alpha value is -2.21. The van der Waals surface area contributed by atoms with Crippen LogP contribution in [0.15, 0.2) is 18.5 Å². The Morgan fingerprint density at radius 1 is 1.33 bits per heavy atom. The quantitative estimate of drug-likeness (QED) is 0.661. The summed E-state index contributed by atoms with van der Waals surface area (Å²) in [6.45, 7) is 5.69. The maximum Gasteiger partial charge on any atom is 0.243 e. The van der Waals surface area contributed by atoms with Crippen molar-refractivity contribution in [3.63, 3.8) is 0 Å². The summed E-state index contributed by atoms with van der Waals surface area (Å²) in [6.07, 6.45) is 1.92. The lowest BCUT2D eigenvalue weighted by molar-refractivity contribution is -0.130. The number of amides is 1. The number of carbonyl (C=O) groups excluding carboxylic acids is 1. The fraction of sp³-hybridized carbons (Fsp3) is 0.400. The first-order chi connectivity index (χ1) is 10.1. The van der Waals surface area contributed by atoms with Gasteiger partial charge in [-0.2, -0.15) is 0 Å². The molecule has 1 amide bonds. The monoisotopic (exact) mass is 286 g/mol. The minimum absolute atomic E-state index is 0.258. The maximum absolute atomic E-state index is 11.1. The van der Waals surface area contributed by atoms with Crippen LogP contribution in [0.4, 0.5) is 5.82 Å². The molecular weight excluding hydrogens is 268 g/mol. The van der Waals surface area contributed by atoms with E-state index >= 15 is 0 Å². The molecule has 21 heavy (non-hydrogen) atoms. The van der Waals surface area contributed by atoms with Crippen molar-refractivity contribution in [2.75, 3.05) is 18.0 Å². The molecule has 1 aromatic heterocycles. The lowest BCUT2D eigenvalue weighted by Crippen LogP contribution is -2.48. The summed E-state index contributed by atoms with van der Waals surface area (Å²) >= 11 is 0. The van der Waals surface area contributed by atoms with Crippen molar-refractivity contribution in [2.45, 2.75) is 20.3 Å². The second-order valence-electron chi connectivity index (χ2n) is 5.66. The molecule has 6 nitrogen and oxygen atoms in total. The Kier molecular flexibility index (Phi) is 3.47. The molecule has 110 valence electrons. The Morgan fingerprint density at radius 2 is 2.05 bits per heavy atom. The molecule has 6 heteroatoms. The van der Waals surface area contributed by atoms with Gasteiger partial charge in [0.1, 0.15) is 12.1 Å². The van der Waals surface area contributed by atoms with Gasteiger partial charge in [0.25, 0.3) is 0 Å². The van der Waals surface area contributed by atoms with Gasteiger partial charge < -0.3 is 4.90 Å². The zero-order chi connectivity index (χ0) is 15.0. The van der Waals surface area contributed by atoms with E-state index in [2.05, 4.69) is 40.8 Å². The van der Waals surface area contributed by atoms with Crippen molar-refractivity contribution in [1.82, 2.24) is 15.4 Å². The Balaban J connectivity index is 1.83. The molecule has 2 N–H and O–H groups in total. The van der Waals surface area contributed by atoms with Gasteiger partial charge in [-0.3, -0.25) is 10.0 Å². The zero-order valence-corrected chi connectivity index (χ0v) is 12.1. The standard InChI is InChI=1S/C15H18N4O2/c1-9-3-12-13(4-10(9)2)16-8-17-15(12)19-6-11(7-19)5-14(20)18-21/h3-4,8,11,21H,5-7H2,1-2H3,(H,18,20). The first-order valence-corrected chi connectivity index (χ1v) is 6.98. The third kappa shape index (κ3) is 2.54. The van der Waals surface area contributed by atoms with E-state index < -0.39 is 0 Å². The summed E-state index contributed by atoms with van der Waals surface area (Å²) < 4.78 is 0. The normalized spacial score (nSPS) is 15.1. The second kappa shape index (κ2) is 5.29. The van der Waals surface area contributed by atoms with E-state index in [1.54, 1.807) is 11.8 Å². The molecule has 2 aromatic rings. The van der Waals surface area contributed by atoms with Crippen LogP contribution in [-0.4, -0.2) is 34.2 Å². The van der Waals surface area contributed by atoms with E-state index in [1.807, 2.05) is 0 Å². The van der Waals surface area contributed by atoms with Crippen LogP contribution < -0.4 is 10.4 Å². The van der Waals surface area contributed by atoms with E-state index in [0.29, 0.717) is 6.42 Å². The van der Waals surface area contributed by atoms with Crippen molar-refractivity contribution >= 4 is 22.6 Å². The summed E-state index contributed by atoms with van der Waals surface area (Å²) in [5, 5.41) is 9.60. The number of rotatable bonds is 3. The van der Waals surface area contributed by atoms with E-state index in [0.717, 1.165) is 29.8 Å². The molecule has 0 radical (unpaired) electrons. The molecule has 1 aliphatic rings. The van der Waals surface area contributed by atoms with Gasteiger partial charge in [0, 0.05) is 30.8 Å². The van der Waals surface area contributed by atoms with Gasteiger partial charge in [0.2, 0.25) is 5.91 Å². The average molecular weight is 286 g/mol. The zero-order valence-electron chi connectivity index (χ0n) is 12.1. The molecule has 3 rings (SSSR count). The predicted octanol–water partition coefficient (Wildman–Crippen LogP) is 1.58. The van der Waals surface area contributed by atoms with Gasteiger partial charge >= 0.3 is 0 Å². The third-order valence-corrected chi connectivity index (χ3v) is 4.09. The number of hydrogen-bond acceptors (Lipinski definition) is 5. The molecule has 2 heterocycles. The fourth-order valence-corrected chi connectivity index (χ4v) is 2.73. The van der Waals surface area contributed by atoms with E-state index in [1.165, 1.54) is 11.1 Å². The summed E-state index contributed by atoms with van der Waals surface area (Å²) in [4.78, 5) is 22.0. The summed E-state index contributed by atoms with van der Waals surface area (Å²) in [6, 6.07) is 4.19. The van der Waals surface area contributed by atoms with Crippen molar-refractivity contribution in [3.8, 4) is 0 Å². The highest BCUT2D eigenvalue weighted by Crippen LogP contribution is 2.31. The lowest BCUT2D eigenvalue weighted by Gasteiger charge is -2.40. The van der Waals surface area contributed by atoms with Crippen molar-refractivity contribution in [2.24, 2.45) is 5.92 Å². The molecular formula is C15H18N4O2. The van der Waals surface area contributed by atoms with Crippen LogP contribution in [0.3, 0.4) is 0 Å². The van der Waals surface area contributed by atoms with Crippen molar-refractivity contribution < 1.29 is 10.0 Å². The molecule has 0 spiro atoms. The topological polar surface area (TPSA) is 78.4 Å². The van der Waals surface area contributed by atoms with Crippen LogP contribution in [-0.2, 0) is 4.79 Å². The molecule has 0 bridgehead atoms. The number of aryl methyl sites for hydroxylation is 2. The van der Waals surface area contributed by atoms with Gasteiger partial charge in [-0.05, 0) is 37.1 Å². The predicted molar refractivity (Wildman–Crippen MR) is 79.3 cm³/mol. The number of fused-ring (bicyclic) bond motifs is 1. The molecule has 0 atom stereocenters. The number of benzene rings is 1. The summed E-state index contributed by atoms with van der Waals surface area (Å²) in [7, 11) is 0. The van der Waals surface area contributed by atoms with Crippen LogP contribution in [0, 0.1) is 19.8 Å². The van der Waals surface area contributed by atoms with Crippen molar-refractivity contribution in [1.29, 1.82) is 0 Å². The minimum Gasteiger partial charge on any atom is -0.355 e. The number of nitrogens with zero attached hydrogens (tertiary/aromatic N) is 3. The molecule has 0 saturated carbocycles. The summed E-state index contributed by atoms with van der Waals surface area (Å²) in [5.41, 5.74) is 5.06. The van der Waals surface area contributed by atoms with E-state index in [9.17, 15) is 4.79 Å². The molecule has 1 aromatic carbocycles. The van der Waals surface area contributed by atoms with Gasteiger partial charge in [0.15, 0.2) is 0 Å². The molecule has 0 aliphatic carbocycles. The van der Waals surface area contributed by atoms with Crippen LogP contribution in [0.2, 0.25) is 0 Å². The number of hydrogen-bond donors (Lipinski definition) is 2. The highest BCUT2D eigenvalue weighted by molar-refractivity contribution is 5.90. The fourth-order valence-electron chi connectivity index (χ4n) is 2.73. The number of nitrogens with one attached hydrogen (secondary N) is 1. The second-order valence-corrected chi connectivity index (χ2v) is 5.66. The number of carbonyl (C=O) groups is 1.